The molecule has 2 nitrogen and oxygen atoms in total. The maximum absolute atomic E-state index is 10.1. The third-order valence-corrected chi connectivity index (χ3v) is 4.71. The summed E-state index contributed by atoms with van der Waals surface area (Å²) < 4.78 is 0. The molecule has 4 aliphatic carbocycles. The summed E-state index contributed by atoms with van der Waals surface area (Å²) in [6, 6.07) is 0.614. The normalized spacial score (nSPS) is 58.6. The Labute approximate surface area is 79.7 Å². The Bertz CT molecular complexity index is 218. The number of hydrogen-bond acceptors (Lipinski definition) is 2. The van der Waals surface area contributed by atoms with Crippen LogP contribution in [0.1, 0.15) is 25.7 Å². The minimum absolute atomic E-state index is 0.00486. The highest BCUT2D eigenvalue weighted by Crippen LogP contribution is 2.53. The van der Waals surface area contributed by atoms with E-state index in [0.717, 1.165) is 11.8 Å². The molecule has 0 radical (unpaired) electrons. The van der Waals surface area contributed by atoms with Crippen LogP contribution in [0.15, 0.2) is 0 Å². The molecule has 1 unspecified atom stereocenters. The van der Waals surface area contributed by atoms with E-state index in [2.05, 4.69) is 12.4 Å². The van der Waals surface area contributed by atoms with Crippen molar-refractivity contribution in [3.8, 4) is 0 Å². The average molecular weight is 181 g/mol. The van der Waals surface area contributed by atoms with Gasteiger partial charge in [0, 0.05) is 12.0 Å². The molecule has 2 heteroatoms. The Kier molecular flexibility index (Phi) is 1.72. The molecule has 4 bridgehead atoms. The first-order chi connectivity index (χ1) is 6.29. The van der Waals surface area contributed by atoms with Gasteiger partial charge in [0.2, 0.25) is 0 Å². The second-order valence-corrected chi connectivity index (χ2v) is 5.30. The molecular formula is C11H19NO. The third-order valence-electron chi connectivity index (χ3n) is 4.71. The molecule has 0 heterocycles. The number of aliphatic hydroxyl groups is 1. The van der Waals surface area contributed by atoms with Gasteiger partial charge in [0.15, 0.2) is 0 Å². The minimum Gasteiger partial charge on any atom is -0.392 e. The molecule has 0 aliphatic heterocycles. The van der Waals surface area contributed by atoms with E-state index < -0.39 is 0 Å². The van der Waals surface area contributed by atoms with Gasteiger partial charge in [-0.15, -0.1) is 0 Å². The fourth-order valence-electron chi connectivity index (χ4n) is 4.33. The van der Waals surface area contributed by atoms with Gasteiger partial charge in [0.05, 0.1) is 6.10 Å². The van der Waals surface area contributed by atoms with Crippen LogP contribution in [0, 0.1) is 23.7 Å². The van der Waals surface area contributed by atoms with Crippen molar-refractivity contribution >= 4 is 0 Å². The molecule has 0 aromatic rings. The summed E-state index contributed by atoms with van der Waals surface area (Å²) in [6.07, 6.45) is 5.29. The summed E-state index contributed by atoms with van der Waals surface area (Å²) in [6.45, 7) is 0. The summed E-state index contributed by atoms with van der Waals surface area (Å²) in [7, 11) is 2.06. The molecule has 4 fully saturated rings. The highest BCUT2D eigenvalue weighted by Gasteiger charge is 2.52. The van der Waals surface area contributed by atoms with Gasteiger partial charge in [0.1, 0.15) is 0 Å². The predicted octanol–water partition coefficient (Wildman–Crippen LogP) is 1.00. The fraction of sp³-hybridized carbons (Fsp3) is 1.00. The molecule has 0 aromatic carbocycles. The zero-order valence-corrected chi connectivity index (χ0v) is 8.24. The molecule has 74 valence electrons. The quantitative estimate of drug-likeness (QED) is 0.632. The van der Waals surface area contributed by atoms with Crippen molar-refractivity contribution in [3.05, 3.63) is 0 Å². The van der Waals surface area contributed by atoms with Crippen molar-refractivity contribution in [1.82, 2.24) is 5.32 Å². The molecular weight excluding hydrogens is 162 g/mol. The summed E-state index contributed by atoms with van der Waals surface area (Å²) in [5.41, 5.74) is 0. The van der Waals surface area contributed by atoms with Crippen LogP contribution >= 0.6 is 0 Å². The highest BCUT2D eigenvalue weighted by atomic mass is 16.3. The smallest absolute Gasteiger partial charge is 0.0611 e. The molecule has 0 aromatic heterocycles. The van der Waals surface area contributed by atoms with Gasteiger partial charge < -0.3 is 10.4 Å². The van der Waals surface area contributed by atoms with Crippen molar-refractivity contribution in [3.63, 3.8) is 0 Å². The molecule has 0 spiro atoms. The van der Waals surface area contributed by atoms with E-state index >= 15 is 0 Å². The molecule has 6 atom stereocenters. The number of aliphatic hydroxyl groups excluding tert-OH is 1. The number of nitrogens with one attached hydrogen (secondary N) is 1. The zero-order valence-electron chi connectivity index (χ0n) is 8.24. The Morgan fingerprint density at radius 1 is 1.08 bits per heavy atom. The fourth-order valence-corrected chi connectivity index (χ4v) is 4.33. The first-order valence-corrected chi connectivity index (χ1v) is 5.65. The van der Waals surface area contributed by atoms with Gasteiger partial charge in [-0.2, -0.15) is 0 Å². The lowest BCUT2D eigenvalue weighted by Gasteiger charge is -2.56. The molecule has 4 aliphatic rings. The molecule has 4 saturated carbocycles. The van der Waals surface area contributed by atoms with Crippen LogP contribution in [0.3, 0.4) is 0 Å². The van der Waals surface area contributed by atoms with E-state index in [1.165, 1.54) is 25.7 Å². The van der Waals surface area contributed by atoms with Gasteiger partial charge in [-0.1, -0.05) is 0 Å². The largest absolute Gasteiger partial charge is 0.392 e. The van der Waals surface area contributed by atoms with Gasteiger partial charge in [-0.3, -0.25) is 0 Å². The third kappa shape index (κ3) is 1.02. The lowest BCUT2D eigenvalue weighted by Crippen LogP contribution is -2.59. The van der Waals surface area contributed by atoms with E-state index in [9.17, 15) is 5.11 Å². The molecule has 4 rings (SSSR count). The van der Waals surface area contributed by atoms with Crippen molar-refractivity contribution in [1.29, 1.82) is 0 Å². The summed E-state index contributed by atoms with van der Waals surface area (Å²) in [5, 5.41) is 13.5. The van der Waals surface area contributed by atoms with Crippen LogP contribution < -0.4 is 5.32 Å². The standard InChI is InChI=1S/C11H19NO/c1-12-10-7-2-6-3-8(5-7)11(13)9(10)4-6/h6-13H,2-5H2,1H3/t6?,7-,8+,9-,10+,11-/m1/s1. The zero-order chi connectivity index (χ0) is 9.00. The van der Waals surface area contributed by atoms with Crippen LogP contribution in [-0.4, -0.2) is 24.3 Å². The number of rotatable bonds is 1. The van der Waals surface area contributed by atoms with Gasteiger partial charge >= 0.3 is 0 Å². The van der Waals surface area contributed by atoms with Crippen LogP contribution in [-0.2, 0) is 0 Å². The topological polar surface area (TPSA) is 32.3 Å². The first-order valence-electron chi connectivity index (χ1n) is 5.65. The van der Waals surface area contributed by atoms with Crippen LogP contribution in [0.4, 0.5) is 0 Å². The van der Waals surface area contributed by atoms with Crippen LogP contribution in [0.2, 0.25) is 0 Å². The Balaban J connectivity index is 1.89. The summed E-state index contributed by atoms with van der Waals surface area (Å²) in [4.78, 5) is 0. The van der Waals surface area contributed by atoms with Crippen LogP contribution in [0.5, 0.6) is 0 Å². The summed E-state index contributed by atoms with van der Waals surface area (Å²) >= 11 is 0. The lowest BCUT2D eigenvalue weighted by atomic mass is 9.53. The Morgan fingerprint density at radius 2 is 1.85 bits per heavy atom. The van der Waals surface area contributed by atoms with E-state index in [1.807, 2.05) is 0 Å². The van der Waals surface area contributed by atoms with Crippen molar-refractivity contribution in [2.75, 3.05) is 7.05 Å². The maximum atomic E-state index is 10.1. The second kappa shape index (κ2) is 2.71. The highest BCUT2D eigenvalue weighted by molar-refractivity contribution is 5.05. The predicted molar refractivity (Wildman–Crippen MR) is 51.3 cm³/mol. The molecule has 0 amide bonds. The van der Waals surface area contributed by atoms with E-state index in [4.69, 9.17) is 0 Å². The Morgan fingerprint density at radius 3 is 2.62 bits per heavy atom. The van der Waals surface area contributed by atoms with Gasteiger partial charge in [-0.05, 0) is 50.5 Å². The van der Waals surface area contributed by atoms with Crippen molar-refractivity contribution in [2.45, 2.75) is 37.8 Å². The van der Waals surface area contributed by atoms with Crippen molar-refractivity contribution in [2.24, 2.45) is 23.7 Å². The number of hydrogen-bond donors (Lipinski definition) is 2. The van der Waals surface area contributed by atoms with E-state index in [0.29, 0.717) is 17.9 Å². The van der Waals surface area contributed by atoms with E-state index in [1.54, 1.807) is 0 Å². The maximum Gasteiger partial charge on any atom is 0.0611 e. The van der Waals surface area contributed by atoms with Crippen LogP contribution in [0.25, 0.3) is 0 Å². The SMILES string of the molecule is CN[C@H]1[C@@H]2CC3C[C@@H](C2)[C@@H](O)[C@@H]1C3. The summed E-state index contributed by atoms with van der Waals surface area (Å²) in [5.74, 6) is 3.03. The molecule has 0 saturated heterocycles. The Hall–Kier alpha value is -0.0800. The average Bonchev–Trinajstić information content (AvgIpc) is 2.13. The van der Waals surface area contributed by atoms with Crippen molar-refractivity contribution < 1.29 is 5.11 Å². The lowest BCUT2D eigenvalue weighted by molar-refractivity contribution is -0.111. The molecule has 2 N–H and O–H groups in total. The molecule has 13 heavy (non-hydrogen) atoms. The second-order valence-electron chi connectivity index (χ2n) is 5.30. The van der Waals surface area contributed by atoms with Gasteiger partial charge in [-0.25, -0.2) is 0 Å². The monoisotopic (exact) mass is 181 g/mol. The minimum atomic E-state index is 0.00486. The first kappa shape index (κ1) is 8.25. The van der Waals surface area contributed by atoms with E-state index in [-0.39, 0.29) is 6.10 Å². The van der Waals surface area contributed by atoms with Gasteiger partial charge in [0.25, 0.3) is 0 Å².